The predicted octanol–water partition coefficient (Wildman–Crippen LogP) is 3.61. The molecule has 14 heteroatoms. The molecule has 5 rings (SSSR count). The fourth-order valence-electron chi connectivity index (χ4n) is 3.99. The van der Waals surface area contributed by atoms with Crippen LogP contribution in [0.3, 0.4) is 0 Å². The first kappa shape index (κ1) is 24.3. The maximum atomic E-state index is 12.7. The number of carbonyl (C=O) groups is 1. The van der Waals surface area contributed by atoms with Gasteiger partial charge in [-0.25, -0.2) is 19.4 Å². The van der Waals surface area contributed by atoms with Gasteiger partial charge in [-0.15, -0.1) is 16.4 Å². The molecule has 190 valence electrons. The van der Waals surface area contributed by atoms with Gasteiger partial charge < -0.3 is 23.9 Å². The Labute approximate surface area is 214 Å². The molecule has 5 heterocycles. The minimum atomic E-state index is -0.719. The van der Waals surface area contributed by atoms with Gasteiger partial charge in [0.2, 0.25) is 5.88 Å². The SMILES string of the molecule is CC(C)N1CCC(NC(=O)Oc2cc(-c3n[nH]c(=O)o3)nn2Cc2cc(-c3ccc(Cl)s3)on2)CC1. The first-order valence-corrected chi connectivity index (χ1v) is 12.6. The number of nitrogens with one attached hydrogen (secondary N) is 2. The maximum Gasteiger partial charge on any atom is 0.434 e. The van der Waals surface area contributed by atoms with Crippen molar-refractivity contribution in [3.05, 3.63) is 44.8 Å². The fourth-order valence-corrected chi connectivity index (χ4v) is 4.98. The molecule has 1 amide bonds. The minimum absolute atomic E-state index is 0.0171. The number of amides is 1. The number of nitrogens with zero attached hydrogens (tertiary/aromatic N) is 5. The van der Waals surface area contributed by atoms with E-state index in [0.29, 0.717) is 21.8 Å². The molecule has 0 spiro atoms. The van der Waals surface area contributed by atoms with E-state index in [-0.39, 0.29) is 30.1 Å². The zero-order valence-corrected chi connectivity index (χ0v) is 21.1. The third-order valence-corrected chi connectivity index (χ3v) is 7.11. The molecule has 1 saturated heterocycles. The van der Waals surface area contributed by atoms with Crippen molar-refractivity contribution in [1.82, 2.24) is 35.4 Å². The van der Waals surface area contributed by atoms with Crippen LogP contribution in [0.4, 0.5) is 4.79 Å². The topological polar surface area (TPSA) is 144 Å². The first-order valence-electron chi connectivity index (χ1n) is 11.4. The molecule has 0 atom stereocenters. The Morgan fingerprint density at radius 1 is 1.33 bits per heavy atom. The number of halogens is 1. The van der Waals surface area contributed by atoms with E-state index in [1.54, 1.807) is 12.1 Å². The van der Waals surface area contributed by atoms with Crippen molar-refractivity contribution in [2.75, 3.05) is 13.1 Å². The standard InChI is InChI=1S/C22H24ClN7O5S/c1-12(2)29-7-5-13(6-8-29)24-21(31)33-19-10-15(20-25-26-22(32)34-20)27-30(19)11-14-9-16(35-28-14)17-3-4-18(23)36-17/h3-4,9-10,12-13H,5-8,11H2,1-2H3,(H,24,31)(H,26,32). The molecule has 2 N–H and O–H groups in total. The first-order chi connectivity index (χ1) is 17.3. The van der Waals surface area contributed by atoms with Crippen molar-refractivity contribution >= 4 is 29.0 Å². The number of hydrogen-bond donors (Lipinski definition) is 2. The molecule has 0 aromatic carbocycles. The van der Waals surface area contributed by atoms with Crippen LogP contribution >= 0.6 is 22.9 Å². The lowest BCUT2D eigenvalue weighted by Gasteiger charge is -2.34. The van der Waals surface area contributed by atoms with E-state index < -0.39 is 11.8 Å². The molecule has 0 bridgehead atoms. The Morgan fingerprint density at radius 2 is 2.14 bits per heavy atom. The van der Waals surface area contributed by atoms with Crippen molar-refractivity contribution in [2.45, 2.75) is 45.3 Å². The molecule has 12 nitrogen and oxygen atoms in total. The van der Waals surface area contributed by atoms with Gasteiger partial charge in [0.15, 0.2) is 11.5 Å². The molecule has 0 saturated carbocycles. The van der Waals surface area contributed by atoms with Crippen LogP contribution < -0.4 is 15.8 Å². The van der Waals surface area contributed by atoms with Gasteiger partial charge >= 0.3 is 11.8 Å². The lowest BCUT2D eigenvalue weighted by Crippen LogP contribution is -2.47. The van der Waals surface area contributed by atoms with Gasteiger partial charge in [-0.1, -0.05) is 16.8 Å². The van der Waals surface area contributed by atoms with E-state index in [1.165, 1.54) is 22.1 Å². The number of aromatic nitrogens is 5. The van der Waals surface area contributed by atoms with E-state index in [1.807, 2.05) is 6.07 Å². The largest absolute Gasteiger partial charge is 0.434 e. The highest BCUT2D eigenvalue weighted by Gasteiger charge is 2.24. The predicted molar refractivity (Wildman–Crippen MR) is 131 cm³/mol. The number of piperidine rings is 1. The smallest absolute Gasteiger partial charge is 0.391 e. The highest BCUT2D eigenvalue weighted by Crippen LogP contribution is 2.32. The molecule has 4 aromatic rings. The van der Waals surface area contributed by atoms with Crippen LogP contribution in [0.25, 0.3) is 22.2 Å². The molecule has 0 aliphatic carbocycles. The molecule has 0 radical (unpaired) electrons. The lowest BCUT2D eigenvalue weighted by molar-refractivity contribution is 0.151. The zero-order chi connectivity index (χ0) is 25.2. The van der Waals surface area contributed by atoms with E-state index in [2.05, 4.69) is 44.5 Å². The Morgan fingerprint density at radius 3 is 2.81 bits per heavy atom. The second-order valence-electron chi connectivity index (χ2n) is 8.67. The van der Waals surface area contributed by atoms with Gasteiger partial charge in [-0.3, -0.25) is 0 Å². The monoisotopic (exact) mass is 533 g/mol. The van der Waals surface area contributed by atoms with Crippen LogP contribution in [0.5, 0.6) is 5.88 Å². The van der Waals surface area contributed by atoms with Gasteiger partial charge in [0.25, 0.3) is 5.89 Å². The van der Waals surface area contributed by atoms with Gasteiger partial charge in [0.1, 0.15) is 5.69 Å². The third kappa shape index (κ3) is 5.53. The summed E-state index contributed by atoms with van der Waals surface area (Å²) in [4.78, 5) is 27.3. The Kier molecular flexibility index (Phi) is 6.94. The number of hydrogen-bond acceptors (Lipinski definition) is 10. The molecule has 4 aromatic heterocycles. The molecule has 1 fully saturated rings. The van der Waals surface area contributed by atoms with Crippen molar-refractivity contribution in [3.8, 4) is 28.1 Å². The molecular formula is C22H24ClN7O5S. The third-order valence-electron chi connectivity index (χ3n) is 5.87. The maximum absolute atomic E-state index is 12.7. The second-order valence-corrected chi connectivity index (χ2v) is 10.4. The Bertz CT molecular complexity index is 1400. The van der Waals surface area contributed by atoms with Gasteiger partial charge in [0, 0.05) is 37.3 Å². The van der Waals surface area contributed by atoms with Crippen LogP contribution in [0.1, 0.15) is 32.4 Å². The van der Waals surface area contributed by atoms with Crippen LogP contribution in [0.2, 0.25) is 4.34 Å². The van der Waals surface area contributed by atoms with Crippen LogP contribution in [-0.4, -0.2) is 61.3 Å². The fraction of sp³-hybridized carbons (Fsp3) is 0.409. The summed E-state index contributed by atoms with van der Waals surface area (Å²) in [5, 5.41) is 17.4. The van der Waals surface area contributed by atoms with Crippen molar-refractivity contribution in [1.29, 1.82) is 0 Å². The number of thiophene rings is 1. The molecule has 1 aliphatic heterocycles. The molecule has 1 aliphatic rings. The summed E-state index contributed by atoms with van der Waals surface area (Å²) in [6.07, 6.45) is 1.08. The Balaban J connectivity index is 1.32. The summed E-state index contributed by atoms with van der Waals surface area (Å²) in [5.41, 5.74) is 0.758. The number of rotatable bonds is 7. The summed E-state index contributed by atoms with van der Waals surface area (Å²) in [6, 6.07) is 7.33. The van der Waals surface area contributed by atoms with Gasteiger partial charge in [0.05, 0.1) is 15.8 Å². The Hall–Kier alpha value is -3.42. The average molecular weight is 534 g/mol. The van der Waals surface area contributed by atoms with E-state index >= 15 is 0 Å². The highest BCUT2D eigenvalue weighted by molar-refractivity contribution is 7.19. The van der Waals surface area contributed by atoms with Crippen LogP contribution in [0, 0.1) is 0 Å². The van der Waals surface area contributed by atoms with Crippen molar-refractivity contribution in [2.24, 2.45) is 0 Å². The van der Waals surface area contributed by atoms with E-state index in [9.17, 15) is 9.59 Å². The average Bonchev–Trinajstić information content (AvgIpc) is 3.63. The minimum Gasteiger partial charge on any atom is -0.391 e. The quantitative estimate of drug-likeness (QED) is 0.364. The van der Waals surface area contributed by atoms with E-state index in [0.717, 1.165) is 30.8 Å². The van der Waals surface area contributed by atoms with Crippen molar-refractivity contribution < 1.29 is 18.5 Å². The lowest BCUT2D eigenvalue weighted by atomic mass is 10.0. The number of aromatic amines is 1. The number of H-pyrrole nitrogens is 1. The van der Waals surface area contributed by atoms with Gasteiger partial charge in [-0.05, 0) is 38.8 Å². The number of ether oxygens (including phenoxy) is 1. The van der Waals surface area contributed by atoms with Crippen LogP contribution in [0.15, 0.2) is 38.0 Å². The highest BCUT2D eigenvalue weighted by atomic mass is 35.5. The zero-order valence-electron chi connectivity index (χ0n) is 19.6. The number of likely N-dealkylation sites (tertiary alicyclic amines) is 1. The molecular weight excluding hydrogens is 510 g/mol. The number of carbonyl (C=O) groups excluding carboxylic acids is 1. The summed E-state index contributed by atoms with van der Waals surface area (Å²) in [5.74, 6) is -0.0561. The van der Waals surface area contributed by atoms with Gasteiger partial charge in [-0.2, -0.15) is 5.10 Å². The van der Waals surface area contributed by atoms with Crippen molar-refractivity contribution in [3.63, 3.8) is 0 Å². The molecule has 36 heavy (non-hydrogen) atoms. The summed E-state index contributed by atoms with van der Waals surface area (Å²) in [7, 11) is 0. The summed E-state index contributed by atoms with van der Waals surface area (Å²) in [6.45, 7) is 6.28. The second kappa shape index (κ2) is 10.3. The normalized spacial score (nSPS) is 15.0. The summed E-state index contributed by atoms with van der Waals surface area (Å²) >= 11 is 7.38. The molecule has 0 unspecified atom stereocenters. The van der Waals surface area contributed by atoms with E-state index in [4.69, 9.17) is 25.3 Å². The summed E-state index contributed by atoms with van der Waals surface area (Å²) < 4.78 is 18.1. The van der Waals surface area contributed by atoms with Crippen LogP contribution in [-0.2, 0) is 6.54 Å².